The molecule has 0 saturated carbocycles. The van der Waals surface area contributed by atoms with Crippen LogP contribution in [0.25, 0.3) is 0 Å². The molecule has 114 valence electrons. The molecular formula is C13H20N6O2. The lowest BCUT2D eigenvalue weighted by Crippen LogP contribution is -2.42. The predicted molar refractivity (Wildman–Crippen MR) is 77.3 cm³/mol. The Morgan fingerprint density at radius 2 is 2.29 bits per heavy atom. The molecule has 0 bridgehead atoms. The van der Waals surface area contributed by atoms with Gasteiger partial charge in [-0.05, 0) is 13.3 Å². The molecule has 1 aromatic rings. The zero-order valence-corrected chi connectivity index (χ0v) is 12.4. The van der Waals surface area contributed by atoms with Gasteiger partial charge in [-0.2, -0.15) is 20.2 Å². The number of aromatic nitrogens is 3. The summed E-state index contributed by atoms with van der Waals surface area (Å²) in [6, 6.07) is 2.41. The minimum atomic E-state index is -0.460. The van der Waals surface area contributed by atoms with Crippen molar-refractivity contribution in [3.8, 4) is 12.1 Å². The Balaban J connectivity index is 2.20. The van der Waals surface area contributed by atoms with E-state index in [2.05, 4.69) is 26.3 Å². The SMILES string of the molecule is CCCOc1nc(NCC)nc(N2CCOC(C#N)C2)n1. The highest BCUT2D eigenvalue weighted by Gasteiger charge is 2.23. The van der Waals surface area contributed by atoms with Crippen LogP contribution in [0.2, 0.25) is 0 Å². The third-order valence-electron chi connectivity index (χ3n) is 2.87. The lowest BCUT2D eigenvalue weighted by atomic mass is 10.3. The molecule has 1 saturated heterocycles. The van der Waals surface area contributed by atoms with Crippen molar-refractivity contribution in [2.75, 3.05) is 43.1 Å². The quantitative estimate of drug-likeness (QED) is 0.823. The van der Waals surface area contributed by atoms with Gasteiger partial charge in [-0.1, -0.05) is 6.92 Å². The van der Waals surface area contributed by atoms with Gasteiger partial charge in [0.15, 0.2) is 6.10 Å². The van der Waals surface area contributed by atoms with Gasteiger partial charge in [0.05, 0.1) is 25.8 Å². The van der Waals surface area contributed by atoms with Crippen LogP contribution < -0.4 is 15.0 Å². The minimum Gasteiger partial charge on any atom is -0.463 e. The number of hydrogen-bond acceptors (Lipinski definition) is 8. The number of nitrogens with zero attached hydrogens (tertiary/aromatic N) is 5. The Hall–Kier alpha value is -2.14. The Morgan fingerprint density at radius 1 is 1.43 bits per heavy atom. The molecule has 1 fully saturated rings. The van der Waals surface area contributed by atoms with Gasteiger partial charge in [-0.25, -0.2) is 0 Å². The second kappa shape index (κ2) is 7.59. The van der Waals surface area contributed by atoms with Crippen molar-refractivity contribution in [3.63, 3.8) is 0 Å². The summed E-state index contributed by atoms with van der Waals surface area (Å²) in [5.74, 6) is 0.990. The zero-order chi connectivity index (χ0) is 15.1. The normalized spacial score (nSPS) is 18.1. The van der Waals surface area contributed by atoms with Crippen molar-refractivity contribution in [3.05, 3.63) is 0 Å². The largest absolute Gasteiger partial charge is 0.463 e. The lowest BCUT2D eigenvalue weighted by Gasteiger charge is -2.29. The zero-order valence-electron chi connectivity index (χ0n) is 12.4. The van der Waals surface area contributed by atoms with E-state index in [0.29, 0.717) is 50.8 Å². The van der Waals surface area contributed by atoms with Crippen LogP contribution in [0.1, 0.15) is 20.3 Å². The molecule has 1 N–H and O–H groups in total. The number of rotatable bonds is 6. The van der Waals surface area contributed by atoms with Crippen LogP contribution in [-0.2, 0) is 4.74 Å². The fourth-order valence-electron chi connectivity index (χ4n) is 1.89. The van der Waals surface area contributed by atoms with Gasteiger partial charge >= 0.3 is 6.01 Å². The molecule has 0 radical (unpaired) electrons. The monoisotopic (exact) mass is 292 g/mol. The Labute approximate surface area is 124 Å². The topological polar surface area (TPSA) is 96.2 Å². The van der Waals surface area contributed by atoms with Gasteiger partial charge < -0.3 is 19.7 Å². The number of anilines is 2. The third kappa shape index (κ3) is 4.16. The van der Waals surface area contributed by atoms with Crippen molar-refractivity contribution in [1.82, 2.24) is 15.0 Å². The molecule has 1 aliphatic rings. The molecule has 0 aliphatic carbocycles. The van der Waals surface area contributed by atoms with Crippen LogP contribution in [-0.4, -0.2) is 53.9 Å². The molecule has 8 nitrogen and oxygen atoms in total. The summed E-state index contributed by atoms with van der Waals surface area (Å²) in [6.07, 6.45) is 0.420. The average Bonchev–Trinajstić information content (AvgIpc) is 2.53. The van der Waals surface area contributed by atoms with E-state index in [4.69, 9.17) is 14.7 Å². The highest BCUT2D eigenvalue weighted by molar-refractivity contribution is 5.39. The Kier molecular flexibility index (Phi) is 5.51. The van der Waals surface area contributed by atoms with Crippen LogP contribution in [0.15, 0.2) is 0 Å². The van der Waals surface area contributed by atoms with Crippen molar-refractivity contribution in [2.45, 2.75) is 26.4 Å². The fraction of sp³-hybridized carbons (Fsp3) is 0.692. The number of nitriles is 1. The Morgan fingerprint density at radius 3 is 3.00 bits per heavy atom. The van der Waals surface area contributed by atoms with Gasteiger partial charge in [-0.3, -0.25) is 0 Å². The molecule has 1 aromatic heterocycles. The van der Waals surface area contributed by atoms with Gasteiger partial charge in [0.1, 0.15) is 0 Å². The maximum atomic E-state index is 8.97. The first-order chi connectivity index (χ1) is 10.3. The van der Waals surface area contributed by atoms with Crippen LogP contribution >= 0.6 is 0 Å². The number of hydrogen-bond donors (Lipinski definition) is 1. The van der Waals surface area contributed by atoms with Gasteiger partial charge in [0.2, 0.25) is 11.9 Å². The molecule has 1 unspecified atom stereocenters. The summed E-state index contributed by atoms with van der Waals surface area (Å²) >= 11 is 0. The van der Waals surface area contributed by atoms with E-state index < -0.39 is 6.10 Å². The molecule has 2 heterocycles. The Bertz CT molecular complexity index is 504. The van der Waals surface area contributed by atoms with E-state index in [0.717, 1.165) is 6.42 Å². The standard InChI is InChI=1S/C13H20N6O2/c1-3-6-21-13-17-11(15-4-2)16-12(18-13)19-5-7-20-10(8-14)9-19/h10H,3-7,9H2,1-2H3,(H,15,16,17,18). The molecule has 0 spiro atoms. The van der Waals surface area contributed by atoms with E-state index in [1.807, 2.05) is 18.7 Å². The maximum absolute atomic E-state index is 8.97. The highest BCUT2D eigenvalue weighted by Crippen LogP contribution is 2.17. The highest BCUT2D eigenvalue weighted by atomic mass is 16.5. The van der Waals surface area contributed by atoms with E-state index in [9.17, 15) is 0 Å². The van der Waals surface area contributed by atoms with Gasteiger partial charge in [0.25, 0.3) is 0 Å². The molecule has 21 heavy (non-hydrogen) atoms. The van der Waals surface area contributed by atoms with E-state index in [1.165, 1.54) is 0 Å². The number of nitrogens with one attached hydrogen (secondary N) is 1. The van der Waals surface area contributed by atoms with Crippen molar-refractivity contribution >= 4 is 11.9 Å². The average molecular weight is 292 g/mol. The van der Waals surface area contributed by atoms with Crippen molar-refractivity contribution in [1.29, 1.82) is 5.26 Å². The van der Waals surface area contributed by atoms with Crippen molar-refractivity contribution < 1.29 is 9.47 Å². The second-order valence-electron chi connectivity index (χ2n) is 4.55. The number of ether oxygens (including phenoxy) is 2. The summed E-state index contributed by atoms with van der Waals surface area (Å²) in [4.78, 5) is 14.8. The molecule has 0 aromatic carbocycles. The van der Waals surface area contributed by atoms with Crippen LogP contribution in [0.3, 0.4) is 0 Å². The summed E-state index contributed by atoms with van der Waals surface area (Å²) in [6.45, 7) is 6.81. The molecule has 2 rings (SSSR count). The van der Waals surface area contributed by atoms with E-state index in [1.54, 1.807) is 0 Å². The number of morpholine rings is 1. The van der Waals surface area contributed by atoms with E-state index >= 15 is 0 Å². The summed E-state index contributed by atoms with van der Waals surface area (Å²) in [7, 11) is 0. The summed E-state index contributed by atoms with van der Waals surface area (Å²) < 4.78 is 10.8. The summed E-state index contributed by atoms with van der Waals surface area (Å²) in [5.41, 5.74) is 0. The predicted octanol–water partition coefficient (Wildman–Crippen LogP) is 0.821. The van der Waals surface area contributed by atoms with Gasteiger partial charge in [-0.15, -0.1) is 0 Å². The maximum Gasteiger partial charge on any atom is 0.323 e. The summed E-state index contributed by atoms with van der Waals surface area (Å²) in [5, 5.41) is 12.0. The molecular weight excluding hydrogens is 272 g/mol. The van der Waals surface area contributed by atoms with Crippen LogP contribution in [0.4, 0.5) is 11.9 Å². The molecule has 1 atom stereocenters. The molecule has 1 aliphatic heterocycles. The third-order valence-corrected chi connectivity index (χ3v) is 2.87. The lowest BCUT2D eigenvalue weighted by molar-refractivity contribution is 0.0757. The van der Waals surface area contributed by atoms with Crippen LogP contribution in [0.5, 0.6) is 6.01 Å². The fourth-order valence-corrected chi connectivity index (χ4v) is 1.89. The minimum absolute atomic E-state index is 0.304. The second-order valence-corrected chi connectivity index (χ2v) is 4.55. The van der Waals surface area contributed by atoms with Crippen LogP contribution in [0, 0.1) is 11.3 Å². The molecule has 8 heteroatoms. The molecule has 0 amide bonds. The first-order valence-electron chi connectivity index (χ1n) is 7.15. The first-order valence-corrected chi connectivity index (χ1v) is 7.15. The smallest absolute Gasteiger partial charge is 0.323 e. The van der Waals surface area contributed by atoms with E-state index in [-0.39, 0.29) is 0 Å². The first kappa shape index (κ1) is 15.3. The van der Waals surface area contributed by atoms with Crippen molar-refractivity contribution in [2.24, 2.45) is 0 Å². The van der Waals surface area contributed by atoms with Gasteiger partial charge in [0, 0.05) is 13.1 Å².